The lowest BCUT2D eigenvalue weighted by atomic mass is 10.1. The van der Waals surface area contributed by atoms with Crippen molar-refractivity contribution in [3.8, 4) is 5.75 Å². The summed E-state index contributed by atoms with van der Waals surface area (Å²) < 4.78 is 6.02. The number of benzene rings is 1. The molecule has 0 radical (unpaired) electrons. The highest BCUT2D eigenvalue weighted by Crippen LogP contribution is 2.28. The van der Waals surface area contributed by atoms with E-state index in [1.807, 2.05) is 54.8 Å². The first-order valence-electron chi connectivity index (χ1n) is 7.89. The highest BCUT2D eigenvalue weighted by molar-refractivity contribution is 7.13. The molecule has 3 aromatic heterocycles. The Balaban J connectivity index is 1.57. The molecular weight excluding hydrogens is 332 g/mol. The third-order valence-electron chi connectivity index (χ3n) is 3.71. The molecule has 1 N–H and O–H groups in total. The topological polar surface area (TPSA) is 59.9 Å². The Hall–Kier alpha value is -2.99. The first kappa shape index (κ1) is 15.5. The van der Waals surface area contributed by atoms with E-state index in [1.54, 1.807) is 23.7 Å². The lowest BCUT2D eigenvalue weighted by Gasteiger charge is -2.12. The summed E-state index contributed by atoms with van der Waals surface area (Å²) in [6.07, 6.45) is 3.53. The van der Waals surface area contributed by atoms with Crippen LogP contribution in [0.4, 0.5) is 10.9 Å². The van der Waals surface area contributed by atoms with Gasteiger partial charge in [-0.25, -0.2) is 9.97 Å². The van der Waals surface area contributed by atoms with Crippen LogP contribution in [-0.4, -0.2) is 15.0 Å². The predicted molar refractivity (Wildman–Crippen MR) is 100 cm³/mol. The van der Waals surface area contributed by atoms with E-state index in [0.717, 1.165) is 27.3 Å². The highest BCUT2D eigenvalue weighted by atomic mass is 32.1. The van der Waals surface area contributed by atoms with Crippen molar-refractivity contribution in [2.45, 2.75) is 13.5 Å². The second-order valence-corrected chi connectivity index (χ2v) is 6.41. The van der Waals surface area contributed by atoms with Crippen LogP contribution in [0.3, 0.4) is 0 Å². The van der Waals surface area contributed by atoms with Crippen molar-refractivity contribution < 1.29 is 4.74 Å². The molecule has 1 aromatic carbocycles. The van der Waals surface area contributed by atoms with E-state index < -0.39 is 0 Å². The molecule has 4 rings (SSSR count). The van der Waals surface area contributed by atoms with Crippen LogP contribution >= 0.6 is 11.3 Å². The zero-order valence-corrected chi connectivity index (χ0v) is 14.5. The summed E-state index contributed by atoms with van der Waals surface area (Å²) in [4.78, 5) is 13.2. The van der Waals surface area contributed by atoms with E-state index in [0.29, 0.717) is 18.2 Å². The molecule has 5 nitrogen and oxygen atoms in total. The second kappa shape index (κ2) is 6.86. The average molecular weight is 348 g/mol. The zero-order valence-electron chi connectivity index (χ0n) is 13.6. The summed E-state index contributed by atoms with van der Waals surface area (Å²) in [6.45, 7) is 2.39. The van der Waals surface area contributed by atoms with Crippen molar-refractivity contribution in [3.63, 3.8) is 0 Å². The van der Waals surface area contributed by atoms with Crippen LogP contribution < -0.4 is 10.1 Å². The minimum Gasteiger partial charge on any atom is -0.485 e. The lowest BCUT2D eigenvalue weighted by molar-refractivity contribution is 0.308. The molecule has 3 heterocycles. The van der Waals surface area contributed by atoms with Gasteiger partial charge in [0.25, 0.3) is 0 Å². The molecule has 0 aliphatic carbocycles. The fourth-order valence-electron chi connectivity index (χ4n) is 2.55. The summed E-state index contributed by atoms with van der Waals surface area (Å²) in [5.41, 5.74) is 2.98. The first-order chi connectivity index (χ1) is 12.3. The monoisotopic (exact) mass is 348 g/mol. The molecule has 0 saturated heterocycles. The van der Waals surface area contributed by atoms with Gasteiger partial charge in [0, 0.05) is 28.7 Å². The van der Waals surface area contributed by atoms with Gasteiger partial charge in [0.05, 0.1) is 11.2 Å². The van der Waals surface area contributed by atoms with Crippen molar-refractivity contribution in [3.05, 3.63) is 71.5 Å². The van der Waals surface area contributed by atoms with Crippen molar-refractivity contribution in [1.82, 2.24) is 15.0 Å². The van der Waals surface area contributed by atoms with E-state index in [1.165, 1.54) is 0 Å². The zero-order chi connectivity index (χ0) is 17.1. The van der Waals surface area contributed by atoms with Gasteiger partial charge in [-0.1, -0.05) is 24.3 Å². The standard InChI is InChI=1S/C19H16N4OS/c1-13-12-25-19(22-13)23-18-16(8-4-10-21-18)24-11-15-6-2-5-14-7-3-9-20-17(14)15/h2-10,12H,11H2,1H3,(H,21,22,23). The van der Waals surface area contributed by atoms with Gasteiger partial charge >= 0.3 is 0 Å². The number of thiazole rings is 1. The summed E-state index contributed by atoms with van der Waals surface area (Å²) in [5, 5.41) is 7.12. The average Bonchev–Trinajstić information content (AvgIpc) is 3.06. The summed E-state index contributed by atoms with van der Waals surface area (Å²) >= 11 is 1.54. The molecule has 0 fully saturated rings. The van der Waals surface area contributed by atoms with Crippen molar-refractivity contribution in [2.24, 2.45) is 0 Å². The second-order valence-electron chi connectivity index (χ2n) is 5.55. The molecule has 6 heteroatoms. The number of aryl methyl sites for hydroxylation is 1. The number of anilines is 2. The Morgan fingerprint density at radius 2 is 1.88 bits per heavy atom. The summed E-state index contributed by atoms with van der Waals surface area (Å²) in [7, 11) is 0. The normalized spacial score (nSPS) is 10.8. The number of aromatic nitrogens is 3. The minimum absolute atomic E-state index is 0.422. The molecule has 0 aliphatic rings. The Morgan fingerprint density at radius 3 is 2.76 bits per heavy atom. The Labute approximate surface area is 149 Å². The van der Waals surface area contributed by atoms with E-state index in [9.17, 15) is 0 Å². The molecule has 124 valence electrons. The Bertz CT molecular complexity index is 1010. The van der Waals surface area contributed by atoms with Crippen molar-refractivity contribution >= 4 is 33.2 Å². The van der Waals surface area contributed by atoms with Crippen molar-refractivity contribution in [1.29, 1.82) is 0 Å². The minimum atomic E-state index is 0.422. The largest absolute Gasteiger partial charge is 0.485 e. The number of rotatable bonds is 5. The number of hydrogen-bond acceptors (Lipinski definition) is 6. The van der Waals surface area contributed by atoms with Gasteiger partial charge in [-0.15, -0.1) is 11.3 Å². The van der Waals surface area contributed by atoms with Gasteiger partial charge in [-0.2, -0.15) is 0 Å². The maximum Gasteiger partial charge on any atom is 0.188 e. The van der Waals surface area contributed by atoms with Gasteiger partial charge < -0.3 is 10.1 Å². The van der Waals surface area contributed by atoms with Crippen molar-refractivity contribution in [2.75, 3.05) is 5.32 Å². The maximum absolute atomic E-state index is 6.02. The smallest absolute Gasteiger partial charge is 0.188 e. The number of ether oxygens (including phenoxy) is 1. The summed E-state index contributed by atoms with van der Waals surface area (Å²) in [5.74, 6) is 1.34. The van der Waals surface area contributed by atoms with E-state index in [4.69, 9.17) is 4.74 Å². The fraction of sp³-hybridized carbons (Fsp3) is 0.105. The van der Waals surface area contributed by atoms with Crippen LogP contribution in [0.25, 0.3) is 10.9 Å². The van der Waals surface area contributed by atoms with Crippen LogP contribution in [0, 0.1) is 6.92 Å². The van der Waals surface area contributed by atoms with E-state index in [-0.39, 0.29) is 0 Å². The molecule has 0 saturated carbocycles. The van der Waals surface area contributed by atoms with E-state index >= 15 is 0 Å². The number of hydrogen-bond donors (Lipinski definition) is 1. The van der Waals surface area contributed by atoms with Gasteiger partial charge in [0.15, 0.2) is 16.7 Å². The lowest BCUT2D eigenvalue weighted by Crippen LogP contribution is -2.01. The molecule has 4 aromatic rings. The molecule has 25 heavy (non-hydrogen) atoms. The Kier molecular flexibility index (Phi) is 4.26. The molecule has 0 spiro atoms. The third kappa shape index (κ3) is 3.44. The fourth-order valence-corrected chi connectivity index (χ4v) is 3.24. The van der Waals surface area contributed by atoms with Crippen LogP contribution in [0.2, 0.25) is 0 Å². The van der Waals surface area contributed by atoms with Crippen LogP contribution in [0.5, 0.6) is 5.75 Å². The molecule has 0 aliphatic heterocycles. The third-order valence-corrected chi connectivity index (χ3v) is 4.59. The molecule has 0 bridgehead atoms. The number of pyridine rings is 2. The molecular formula is C19H16N4OS. The van der Waals surface area contributed by atoms with Crippen LogP contribution in [0.15, 0.2) is 60.2 Å². The van der Waals surface area contributed by atoms with Gasteiger partial charge in [0.1, 0.15) is 6.61 Å². The van der Waals surface area contributed by atoms with Gasteiger partial charge in [0.2, 0.25) is 0 Å². The maximum atomic E-state index is 6.02. The Morgan fingerprint density at radius 1 is 1.04 bits per heavy atom. The number of fused-ring (bicyclic) bond motifs is 1. The highest BCUT2D eigenvalue weighted by Gasteiger charge is 2.09. The quantitative estimate of drug-likeness (QED) is 0.565. The number of para-hydroxylation sites is 1. The van der Waals surface area contributed by atoms with Crippen LogP contribution in [-0.2, 0) is 6.61 Å². The van der Waals surface area contributed by atoms with Gasteiger partial charge in [-0.05, 0) is 25.1 Å². The number of nitrogens with zero attached hydrogens (tertiary/aromatic N) is 3. The predicted octanol–water partition coefficient (Wildman–Crippen LogP) is 4.72. The number of nitrogens with one attached hydrogen (secondary N) is 1. The SMILES string of the molecule is Cc1csc(Nc2ncccc2OCc2cccc3cccnc23)n1. The molecule has 0 atom stereocenters. The van der Waals surface area contributed by atoms with E-state index in [2.05, 4.69) is 20.3 Å². The summed E-state index contributed by atoms with van der Waals surface area (Å²) in [6, 6.07) is 13.8. The molecule has 0 unspecified atom stereocenters. The van der Waals surface area contributed by atoms with Crippen LogP contribution in [0.1, 0.15) is 11.3 Å². The molecule has 0 amide bonds. The van der Waals surface area contributed by atoms with Gasteiger partial charge in [-0.3, -0.25) is 4.98 Å². The first-order valence-corrected chi connectivity index (χ1v) is 8.77.